The molecule has 0 aliphatic rings. The molecule has 2 aromatic rings. The molecule has 1 amide bonds. The van der Waals surface area contributed by atoms with E-state index in [4.69, 9.17) is 5.73 Å². The summed E-state index contributed by atoms with van der Waals surface area (Å²) < 4.78 is 15.1. The third kappa shape index (κ3) is 5.06. The molecule has 24 heavy (non-hydrogen) atoms. The Balaban J connectivity index is 2.18. The van der Waals surface area contributed by atoms with E-state index < -0.39 is 0 Å². The van der Waals surface area contributed by atoms with Crippen LogP contribution < -0.4 is 5.73 Å². The summed E-state index contributed by atoms with van der Waals surface area (Å²) in [4.78, 5) is 11.0. The summed E-state index contributed by atoms with van der Waals surface area (Å²) in [7, 11) is 0. The molecule has 0 aliphatic carbocycles. The fourth-order valence-corrected chi connectivity index (χ4v) is 3.34. The van der Waals surface area contributed by atoms with Gasteiger partial charge in [-0.25, -0.2) is 4.39 Å². The van der Waals surface area contributed by atoms with Crippen LogP contribution >= 0.6 is 11.8 Å². The van der Waals surface area contributed by atoms with Crippen molar-refractivity contribution < 1.29 is 9.18 Å². The smallest absolute Gasteiger partial charge is 0.217 e. The predicted octanol–water partition coefficient (Wildman–Crippen LogP) is 3.34. The fourth-order valence-electron chi connectivity index (χ4n) is 2.33. The van der Waals surface area contributed by atoms with E-state index in [0.717, 1.165) is 23.1 Å². The molecule has 2 N–H and O–H groups in total. The van der Waals surface area contributed by atoms with Crippen LogP contribution in [0.1, 0.15) is 43.8 Å². The Labute approximate surface area is 145 Å². The van der Waals surface area contributed by atoms with Crippen LogP contribution in [0, 0.1) is 11.7 Å². The average Bonchev–Trinajstić information content (AvgIpc) is 2.87. The van der Waals surface area contributed by atoms with Crippen LogP contribution in [-0.2, 0) is 17.8 Å². The topological polar surface area (TPSA) is 73.8 Å². The van der Waals surface area contributed by atoms with Gasteiger partial charge in [0, 0.05) is 24.6 Å². The molecule has 0 fully saturated rings. The Hall–Kier alpha value is -1.89. The van der Waals surface area contributed by atoms with Crippen molar-refractivity contribution in [1.82, 2.24) is 14.8 Å². The fraction of sp³-hybridized carbons (Fsp3) is 0.471. The minimum absolute atomic E-state index is 0.115. The summed E-state index contributed by atoms with van der Waals surface area (Å²) in [5.41, 5.74) is 6.26. The van der Waals surface area contributed by atoms with E-state index in [0.29, 0.717) is 12.3 Å². The first kappa shape index (κ1) is 18.4. The highest BCUT2D eigenvalue weighted by Gasteiger charge is 2.17. The molecule has 1 atom stereocenters. The number of primary amides is 1. The number of amides is 1. The Morgan fingerprint density at radius 2 is 1.92 bits per heavy atom. The van der Waals surface area contributed by atoms with E-state index >= 15 is 0 Å². The summed E-state index contributed by atoms with van der Waals surface area (Å²) in [6.07, 6.45) is 0.745. The van der Waals surface area contributed by atoms with Gasteiger partial charge in [-0.2, -0.15) is 0 Å². The summed E-state index contributed by atoms with van der Waals surface area (Å²) in [5.74, 6) is 0.612. The summed E-state index contributed by atoms with van der Waals surface area (Å²) in [6, 6.07) is 6.49. The number of rotatable bonds is 8. The van der Waals surface area contributed by atoms with Gasteiger partial charge in [-0.3, -0.25) is 4.79 Å². The second-order valence-electron chi connectivity index (χ2n) is 6.18. The molecular weight excluding hydrogens is 327 g/mol. The summed E-state index contributed by atoms with van der Waals surface area (Å²) in [6.45, 7) is 7.07. The molecule has 0 spiro atoms. The Bertz CT molecular complexity index is 684. The van der Waals surface area contributed by atoms with Gasteiger partial charge < -0.3 is 10.3 Å². The van der Waals surface area contributed by atoms with Crippen molar-refractivity contribution in [3.05, 3.63) is 41.5 Å². The molecule has 0 radical (unpaired) electrons. The Kier molecular flexibility index (Phi) is 6.36. The van der Waals surface area contributed by atoms with Crippen LogP contribution in [0.4, 0.5) is 4.39 Å². The summed E-state index contributed by atoms with van der Waals surface area (Å²) >= 11 is 1.58. The van der Waals surface area contributed by atoms with Crippen molar-refractivity contribution in [3.8, 4) is 0 Å². The summed E-state index contributed by atoms with van der Waals surface area (Å²) in [5, 5.41) is 9.43. The second kappa shape index (κ2) is 8.28. The molecule has 5 nitrogen and oxygen atoms in total. The van der Waals surface area contributed by atoms with Crippen molar-refractivity contribution in [3.63, 3.8) is 0 Å². The molecular formula is C17H23FN4OS. The first-order valence-electron chi connectivity index (χ1n) is 7.99. The van der Waals surface area contributed by atoms with E-state index in [2.05, 4.69) is 35.5 Å². The van der Waals surface area contributed by atoms with Gasteiger partial charge in [0.05, 0.1) is 0 Å². The number of nitrogens with zero attached hydrogens (tertiary/aromatic N) is 3. The molecule has 2 rings (SSSR count). The number of carbonyl (C=O) groups excluding carboxylic acids is 1. The predicted molar refractivity (Wildman–Crippen MR) is 93.0 cm³/mol. The number of nitrogens with two attached hydrogens (primary N) is 1. The first-order valence-corrected chi connectivity index (χ1v) is 8.87. The van der Waals surface area contributed by atoms with Crippen LogP contribution in [0.5, 0.6) is 0 Å². The molecule has 130 valence electrons. The van der Waals surface area contributed by atoms with Crippen LogP contribution in [0.15, 0.2) is 29.4 Å². The van der Waals surface area contributed by atoms with Gasteiger partial charge in [0.1, 0.15) is 11.6 Å². The highest BCUT2D eigenvalue weighted by molar-refractivity contribution is 7.99. The highest BCUT2D eigenvalue weighted by atomic mass is 32.2. The lowest BCUT2D eigenvalue weighted by Gasteiger charge is -2.15. The number of benzene rings is 1. The van der Waals surface area contributed by atoms with Crippen LogP contribution in [0.3, 0.4) is 0 Å². The maximum atomic E-state index is 13.1. The number of hydrogen-bond acceptors (Lipinski definition) is 4. The van der Waals surface area contributed by atoms with Gasteiger partial charge >= 0.3 is 0 Å². The van der Waals surface area contributed by atoms with E-state index in [-0.39, 0.29) is 23.4 Å². The normalized spacial score (nSPS) is 12.5. The SMILES string of the molecule is CC(C)Cn1c(CCC(N)=O)nnc1S[C@@H](C)c1ccc(F)cc1. The van der Waals surface area contributed by atoms with Gasteiger partial charge in [-0.15, -0.1) is 10.2 Å². The van der Waals surface area contributed by atoms with Crippen molar-refractivity contribution >= 4 is 17.7 Å². The lowest BCUT2D eigenvalue weighted by Crippen LogP contribution is -2.15. The minimum Gasteiger partial charge on any atom is -0.370 e. The minimum atomic E-state index is -0.344. The van der Waals surface area contributed by atoms with Crippen molar-refractivity contribution in [2.24, 2.45) is 11.7 Å². The van der Waals surface area contributed by atoms with Gasteiger partial charge in [0.2, 0.25) is 5.91 Å². The van der Waals surface area contributed by atoms with E-state index in [9.17, 15) is 9.18 Å². The van der Waals surface area contributed by atoms with Gasteiger partial charge in [-0.05, 0) is 30.5 Å². The Morgan fingerprint density at radius 1 is 1.25 bits per heavy atom. The highest BCUT2D eigenvalue weighted by Crippen LogP contribution is 2.34. The van der Waals surface area contributed by atoms with Crippen molar-refractivity contribution in [1.29, 1.82) is 0 Å². The number of thioether (sulfide) groups is 1. The molecule has 0 saturated carbocycles. The second-order valence-corrected chi connectivity index (χ2v) is 7.49. The van der Waals surface area contributed by atoms with Crippen molar-refractivity contribution in [2.75, 3.05) is 0 Å². The van der Waals surface area contributed by atoms with Gasteiger partial charge in [0.25, 0.3) is 0 Å². The van der Waals surface area contributed by atoms with Gasteiger partial charge in [0.15, 0.2) is 5.16 Å². The molecule has 1 heterocycles. The zero-order valence-electron chi connectivity index (χ0n) is 14.2. The number of aryl methyl sites for hydroxylation is 1. The quantitative estimate of drug-likeness (QED) is 0.741. The molecule has 1 aromatic heterocycles. The number of hydrogen-bond donors (Lipinski definition) is 1. The average molecular weight is 350 g/mol. The first-order chi connectivity index (χ1) is 11.4. The van der Waals surface area contributed by atoms with Crippen LogP contribution in [0.2, 0.25) is 0 Å². The third-order valence-corrected chi connectivity index (χ3v) is 4.70. The van der Waals surface area contributed by atoms with E-state index in [1.54, 1.807) is 23.9 Å². The lowest BCUT2D eigenvalue weighted by molar-refractivity contribution is -0.118. The molecule has 1 aromatic carbocycles. The molecule has 0 bridgehead atoms. The van der Waals surface area contributed by atoms with E-state index in [1.165, 1.54) is 12.1 Å². The standard InChI is InChI=1S/C17H23FN4OS/c1-11(2)10-22-16(9-8-15(19)23)20-21-17(22)24-12(3)13-4-6-14(18)7-5-13/h4-7,11-12H,8-10H2,1-3H3,(H2,19,23)/t12-/m0/s1. The maximum Gasteiger partial charge on any atom is 0.217 e. The molecule has 0 aliphatic heterocycles. The Morgan fingerprint density at radius 3 is 2.50 bits per heavy atom. The maximum absolute atomic E-state index is 13.1. The number of carbonyl (C=O) groups is 1. The third-order valence-electron chi connectivity index (χ3n) is 3.56. The van der Waals surface area contributed by atoms with Crippen molar-refractivity contribution in [2.45, 2.75) is 50.6 Å². The molecule has 7 heteroatoms. The van der Waals surface area contributed by atoms with E-state index in [1.807, 2.05) is 0 Å². The lowest BCUT2D eigenvalue weighted by atomic mass is 10.2. The molecule has 0 saturated heterocycles. The molecule has 0 unspecified atom stereocenters. The van der Waals surface area contributed by atoms with Gasteiger partial charge in [-0.1, -0.05) is 37.7 Å². The largest absolute Gasteiger partial charge is 0.370 e. The zero-order valence-corrected chi connectivity index (χ0v) is 15.0. The number of halogens is 1. The number of aromatic nitrogens is 3. The van der Waals surface area contributed by atoms with Crippen LogP contribution in [-0.4, -0.2) is 20.7 Å². The van der Waals surface area contributed by atoms with Crippen LogP contribution in [0.25, 0.3) is 0 Å². The monoisotopic (exact) mass is 350 g/mol. The zero-order chi connectivity index (χ0) is 17.7.